The third-order valence-corrected chi connectivity index (χ3v) is 2.59. The second kappa shape index (κ2) is 6.20. The molecular weight excluding hydrogens is 216 g/mol. The smallest absolute Gasteiger partial charge is 0.239 e. The fraction of sp³-hybridized carbons (Fsp3) is 0.500. The highest BCUT2D eigenvalue weighted by molar-refractivity contribution is 5.81. The average molecular weight is 236 g/mol. The van der Waals surface area contributed by atoms with Gasteiger partial charge < -0.3 is 16.0 Å². The van der Waals surface area contributed by atoms with Crippen LogP contribution in [0.4, 0.5) is 5.82 Å². The number of aryl methyl sites for hydroxylation is 1. The molecule has 1 rings (SSSR count). The lowest BCUT2D eigenvalue weighted by atomic mass is 10.1. The van der Waals surface area contributed by atoms with Crippen LogP contribution in [-0.2, 0) is 11.3 Å². The Morgan fingerprint density at radius 1 is 1.59 bits per heavy atom. The molecule has 17 heavy (non-hydrogen) atoms. The summed E-state index contributed by atoms with van der Waals surface area (Å²) in [6, 6.07) is 1.92. The van der Waals surface area contributed by atoms with E-state index in [9.17, 15) is 4.79 Å². The lowest BCUT2D eigenvalue weighted by molar-refractivity contribution is -0.119. The van der Waals surface area contributed by atoms with Gasteiger partial charge in [-0.1, -0.05) is 0 Å². The predicted octanol–water partition coefficient (Wildman–Crippen LogP) is 0.421. The first-order valence-corrected chi connectivity index (χ1v) is 5.72. The molecule has 3 N–H and O–H groups in total. The number of aromatic nitrogens is 1. The number of rotatable bonds is 5. The van der Waals surface area contributed by atoms with E-state index in [1.165, 1.54) is 0 Å². The van der Waals surface area contributed by atoms with Gasteiger partial charge in [-0.25, -0.2) is 4.98 Å². The lowest BCUT2D eigenvalue weighted by Gasteiger charge is -2.21. The first-order valence-electron chi connectivity index (χ1n) is 5.72. The minimum atomic E-state index is -0.0127. The zero-order valence-electron chi connectivity index (χ0n) is 10.7. The minimum Gasteiger partial charge on any atom is -0.355 e. The van der Waals surface area contributed by atoms with Crippen molar-refractivity contribution < 1.29 is 4.79 Å². The van der Waals surface area contributed by atoms with Gasteiger partial charge in [-0.2, -0.15) is 0 Å². The Labute approximate surface area is 102 Å². The van der Waals surface area contributed by atoms with Crippen LogP contribution in [0.15, 0.2) is 12.3 Å². The minimum absolute atomic E-state index is 0.0127. The van der Waals surface area contributed by atoms with Gasteiger partial charge in [0.15, 0.2) is 0 Å². The molecule has 0 spiro atoms. The van der Waals surface area contributed by atoms with Crippen LogP contribution in [-0.4, -0.2) is 31.0 Å². The third-order valence-electron chi connectivity index (χ3n) is 2.59. The molecule has 1 heterocycles. The quantitative estimate of drug-likeness (QED) is 0.777. The van der Waals surface area contributed by atoms with E-state index in [1.807, 2.05) is 31.9 Å². The van der Waals surface area contributed by atoms with E-state index in [1.54, 1.807) is 6.20 Å². The van der Waals surface area contributed by atoms with Crippen molar-refractivity contribution in [2.75, 3.05) is 25.0 Å². The summed E-state index contributed by atoms with van der Waals surface area (Å²) in [5.74, 6) is 0.764. The number of carbonyl (C=O) groups excluding carboxylic acids is 1. The molecule has 0 fully saturated rings. The number of pyridine rings is 1. The van der Waals surface area contributed by atoms with E-state index in [2.05, 4.69) is 10.3 Å². The van der Waals surface area contributed by atoms with Gasteiger partial charge >= 0.3 is 0 Å². The van der Waals surface area contributed by atoms with Crippen molar-refractivity contribution in [3.8, 4) is 0 Å². The van der Waals surface area contributed by atoms with Gasteiger partial charge in [0.05, 0.1) is 6.54 Å². The van der Waals surface area contributed by atoms with Crippen LogP contribution in [0, 0.1) is 6.92 Å². The first-order chi connectivity index (χ1) is 8.10. The number of nitrogens with one attached hydrogen (secondary N) is 1. The molecule has 0 radical (unpaired) electrons. The highest BCUT2D eigenvalue weighted by atomic mass is 16.2. The number of hydrogen-bond donors (Lipinski definition) is 2. The molecule has 0 saturated heterocycles. The summed E-state index contributed by atoms with van der Waals surface area (Å²) >= 11 is 0. The van der Waals surface area contributed by atoms with E-state index < -0.39 is 0 Å². The van der Waals surface area contributed by atoms with Crippen molar-refractivity contribution in [2.24, 2.45) is 5.73 Å². The van der Waals surface area contributed by atoms with Crippen LogP contribution < -0.4 is 16.0 Å². The largest absolute Gasteiger partial charge is 0.355 e. The van der Waals surface area contributed by atoms with Crippen molar-refractivity contribution in [3.05, 3.63) is 23.4 Å². The molecule has 0 atom stereocenters. The van der Waals surface area contributed by atoms with Gasteiger partial charge in [0.2, 0.25) is 5.91 Å². The van der Waals surface area contributed by atoms with E-state index in [0.29, 0.717) is 13.1 Å². The third kappa shape index (κ3) is 3.42. The molecule has 0 aromatic carbocycles. The highest BCUT2D eigenvalue weighted by Crippen LogP contribution is 2.18. The van der Waals surface area contributed by atoms with Crippen LogP contribution in [0.25, 0.3) is 0 Å². The Balaban J connectivity index is 2.85. The fourth-order valence-corrected chi connectivity index (χ4v) is 1.70. The van der Waals surface area contributed by atoms with Gasteiger partial charge in [-0.3, -0.25) is 4.79 Å². The normalized spacial score (nSPS) is 10.1. The summed E-state index contributed by atoms with van der Waals surface area (Å²) in [6.45, 7) is 5.24. The van der Waals surface area contributed by atoms with Crippen molar-refractivity contribution in [2.45, 2.75) is 20.4 Å². The monoisotopic (exact) mass is 236 g/mol. The molecule has 1 aromatic rings. The Hall–Kier alpha value is -1.62. The number of anilines is 1. The molecule has 5 nitrogen and oxygen atoms in total. The molecule has 0 aliphatic carbocycles. The molecule has 1 amide bonds. The number of nitrogens with two attached hydrogens (primary N) is 1. The van der Waals surface area contributed by atoms with Crippen LogP contribution in [0.5, 0.6) is 0 Å². The van der Waals surface area contributed by atoms with Crippen molar-refractivity contribution in [1.82, 2.24) is 10.3 Å². The number of hydrogen-bond acceptors (Lipinski definition) is 4. The Morgan fingerprint density at radius 3 is 2.88 bits per heavy atom. The Kier molecular flexibility index (Phi) is 4.90. The molecular formula is C12H20N4O. The number of carbonyl (C=O) groups is 1. The van der Waals surface area contributed by atoms with Gasteiger partial charge in [0, 0.05) is 31.9 Å². The zero-order valence-corrected chi connectivity index (χ0v) is 10.7. The molecule has 0 aliphatic heterocycles. The second-order valence-electron chi connectivity index (χ2n) is 3.94. The van der Waals surface area contributed by atoms with Gasteiger partial charge in [-0.05, 0) is 25.5 Å². The predicted molar refractivity (Wildman–Crippen MR) is 68.8 cm³/mol. The summed E-state index contributed by atoms with van der Waals surface area (Å²) in [7, 11) is 1.84. The van der Waals surface area contributed by atoms with Crippen molar-refractivity contribution in [3.63, 3.8) is 0 Å². The number of likely N-dealkylation sites (N-methyl/N-ethyl adjacent to an activating group) is 2. The summed E-state index contributed by atoms with van der Waals surface area (Å²) in [6.07, 6.45) is 1.73. The van der Waals surface area contributed by atoms with E-state index >= 15 is 0 Å². The maximum atomic E-state index is 11.5. The van der Waals surface area contributed by atoms with Gasteiger partial charge in [0.25, 0.3) is 0 Å². The average Bonchev–Trinajstić information content (AvgIpc) is 2.28. The molecule has 0 unspecified atom stereocenters. The molecule has 94 valence electrons. The maximum Gasteiger partial charge on any atom is 0.239 e. The van der Waals surface area contributed by atoms with Crippen LogP contribution >= 0.6 is 0 Å². The second-order valence-corrected chi connectivity index (χ2v) is 3.94. The molecule has 0 saturated carbocycles. The lowest BCUT2D eigenvalue weighted by Crippen LogP contribution is -2.36. The van der Waals surface area contributed by atoms with E-state index in [-0.39, 0.29) is 12.5 Å². The summed E-state index contributed by atoms with van der Waals surface area (Å²) < 4.78 is 0. The summed E-state index contributed by atoms with van der Waals surface area (Å²) in [4.78, 5) is 17.6. The van der Waals surface area contributed by atoms with Crippen LogP contribution in [0.1, 0.15) is 18.1 Å². The van der Waals surface area contributed by atoms with Gasteiger partial charge in [-0.15, -0.1) is 0 Å². The van der Waals surface area contributed by atoms with E-state index in [0.717, 1.165) is 16.9 Å². The van der Waals surface area contributed by atoms with Crippen LogP contribution in [0.3, 0.4) is 0 Å². The highest BCUT2D eigenvalue weighted by Gasteiger charge is 2.12. The standard InChI is InChI=1S/C12H20N4O/c1-4-14-11(17)8-16(3)12-10(7-13)9(2)5-6-15-12/h5-6H,4,7-8,13H2,1-3H3,(H,14,17). The molecule has 0 aliphatic rings. The molecule has 0 bridgehead atoms. The van der Waals surface area contributed by atoms with Crippen molar-refractivity contribution >= 4 is 11.7 Å². The molecule has 1 aromatic heterocycles. The summed E-state index contributed by atoms with van der Waals surface area (Å²) in [5.41, 5.74) is 7.79. The van der Waals surface area contributed by atoms with Crippen LogP contribution in [0.2, 0.25) is 0 Å². The topological polar surface area (TPSA) is 71.2 Å². The SMILES string of the molecule is CCNC(=O)CN(C)c1nccc(C)c1CN. The fourth-order valence-electron chi connectivity index (χ4n) is 1.70. The molecule has 5 heteroatoms. The van der Waals surface area contributed by atoms with E-state index in [4.69, 9.17) is 5.73 Å². The maximum absolute atomic E-state index is 11.5. The first kappa shape index (κ1) is 13.4. The number of amides is 1. The Bertz CT molecular complexity index is 392. The zero-order chi connectivity index (χ0) is 12.8. The van der Waals surface area contributed by atoms with Gasteiger partial charge in [0.1, 0.15) is 5.82 Å². The summed E-state index contributed by atoms with van der Waals surface area (Å²) in [5, 5.41) is 2.76. The van der Waals surface area contributed by atoms with Crippen molar-refractivity contribution in [1.29, 1.82) is 0 Å². The Morgan fingerprint density at radius 2 is 2.29 bits per heavy atom. The number of nitrogens with zero attached hydrogens (tertiary/aromatic N) is 2.